The van der Waals surface area contributed by atoms with E-state index in [0.29, 0.717) is 5.56 Å². The molecule has 0 bridgehead atoms. The van der Waals surface area contributed by atoms with Crippen molar-refractivity contribution in [1.82, 2.24) is 5.43 Å². The Balaban J connectivity index is 2.12. The molecule has 2 aromatic carbocycles. The third-order valence-electron chi connectivity index (χ3n) is 3.02. The number of halogens is 2. The maximum absolute atomic E-state index is 13.5. The molecule has 0 aliphatic heterocycles. The number of hydrogen-bond acceptors (Lipinski definition) is 4. The molecule has 6 nitrogen and oxygen atoms in total. The van der Waals surface area contributed by atoms with Gasteiger partial charge in [0.25, 0.3) is 11.6 Å². The minimum absolute atomic E-state index is 0.0503. The quantitative estimate of drug-likeness (QED) is 0.527. The molecule has 0 heterocycles. The summed E-state index contributed by atoms with van der Waals surface area (Å²) in [5.74, 6) is -1.15. The van der Waals surface area contributed by atoms with Crippen LogP contribution in [0.15, 0.2) is 41.5 Å². The lowest BCUT2D eigenvalue weighted by atomic mass is 10.1. The van der Waals surface area contributed by atoms with E-state index in [1.54, 1.807) is 0 Å². The Kier molecular flexibility index (Phi) is 5.02. The van der Waals surface area contributed by atoms with E-state index < -0.39 is 16.6 Å². The zero-order chi connectivity index (χ0) is 17.0. The molecule has 0 aliphatic carbocycles. The van der Waals surface area contributed by atoms with Crippen molar-refractivity contribution in [3.63, 3.8) is 0 Å². The second-order valence-corrected chi connectivity index (χ2v) is 5.00. The number of hydrogen-bond donors (Lipinski definition) is 1. The molecule has 0 aliphatic rings. The molecule has 0 fully saturated rings. The van der Waals surface area contributed by atoms with Crippen LogP contribution in [-0.2, 0) is 0 Å². The van der Waals surface area contributed by atoms with Crippen molar-refractivity contribution in [2.45, 2.75) is 6.92 Å². The Bertz CT molecular complexity index is 788. The Hall–Kier alpha value is -2.80. The summed E-state index contributed by atoms with van der Waals surface area (Å²) in [4.78, 5) is 22.1. The largest absolute Gasteiger partial charge is 0.272 e. The zero-order valence-electron chi connectivity index (χ0n) is 11.9. The zero-order valence-corrected chi connectivity index (χ0v) is 12.7. The van der Waals surface area contributed by atoms with E-state index in [0.717, 1.165) is 6.21 Å². The number of nitro benzene ring substituents is 1. The number of benzene rings is 2. The summed E-state index contributed by atoms with van der Waals surface area (Å²) in [5.41, 5.74) is 2.73. The lowest BCUT2D eigenvalue weighted by Gasteiger charge is -2.03. The average Bonchev–Trinajstić information content (AvgIpc) is 2.49. The normalized spacial score (nSPS) is 10.7. The molecule has 2 aromatic rings. The lowest BCUT2D eigenvalue weighted by Crippen LogP contribution is -2.18. The highest BCUT2D eigenvalue weighted by molar-refractivity contribution is 6.33. The molecule has 0 saturated carbocycles. The van der Waals surface area contributed by atoms with Crippen molar-refractivity contribution in [2.75, 3.05) is 0 Å². The third-order valence-corrected chi connectivity index (χ3v) is 3.34. The number of nitrogens with zero attached hydrogens (tertiary/aromatic N) is 2. The Labute approximate surface area is 135 Å². The fraction of sp³-hybridized carbons (Fsp3) is 0.0667. The summed E-state index contributed by atoms with van der Waals surface area (Å²) in [7, 11) is 0. The van der Waals surface area contributed by atoms with Crippen LogP contribution in [-0.4, -0.2) is 17.0 Å². The second kappa shape index (κ2) is 6.97. The van der Waals surface area contributed by atoms with Crippen LogP contribution in [0.1, 0.15) is 21.5 Å². The highest BCUT2D eigenvalue weighted by Gasteiger charge is 2.13. The van der Waals surface area contributed by atoms with Gasteiger partial charge in [0.1, 0.15) is 5.82 Å². The first-order valence-corrected chi connectivity index (χ1v) is 6.80. The average molecular weight is 336 g/mol. The maximum atomic E-state index is 13.5. The molecule has 0 unspecified atom stereocenters. The molecular formula is C15H11ClFN3O3. The van der Waals surface area contributed by atoms with Gasteiger partial charge in [0.2, 0.25) is 0 Å². The molecule has 23 heavy (non-hydrogen) atoms. The van der Waals surface area contributed by atoms with Crippen LogP contribution in [0.4, 0.5) is 10.1 Å². The smallest absolute Gasteiger partial charge is 0.267 e. The number of nitro groups is 1. The van der Waals surface area contributed by atoms with Crippen LogP contribution in [0, 0.1) is 22.9 Å². The molecule has 2 rings (SSSR count). The molecule has 0 atom stereocenters. The first-order valence-electron chi connectivity index (χ1n) is 6.42. The number of hydrazone groups is 1. The monoisotopic (exact) mass is 335 g/mol. The van der Waals surface area contributed by atoms with E-state index in [1.165, 1.54) is 43.3 Å². The van der Waals surface area contributed by atoms with Gasteiger partial charge in [-0.1, -0.05) is 17.7 Å². The number of carbonyl (C=O) groups is 1. The number of carbonyl (C=O) groups excluding carboxylic acids is 1. The Morgan fingerprint density at radius 2 is 2.13 bits per heavy atom. The minimum atomic E-state index is -0.577. The van der Waals surface area contributed by atoms with E-state index in [-0.39, 0.29) is 21.8 Å². The third kappa shape index (κ3) is 3.89. The van der Waals surface area contributed by atoms with Gasteiger partial charge in [-0.25, -0.2) is 9.82 Å². The summed E-state index contributed by atoms with van der Waals surface area (Å²) in [6, 6.07) is 8.09. The van der Waals surface area contributed by atoms with Crippen molar-refractivity contribution in [3.05, 3.63) is 74.0 Å². The van der Waals surface area contributed by atoms with Gasteiger partial charge in [0.05, 0.1) is 16.2 Å². The molecule has 8 heteroatoms. The SMILES string of the molecule is Cc1cc(C(=O)NN=Cc2c(F)cccc2Cl)ccc1[N+](=O)[O-]. The van der Waals surface area contributed by atoms with Crippen LogP contribution < -0.4 is 5.43 Å². The Morgan fingerprint density at radius 3 is 2.74 bits per heavy atom. The molecular weight excluding hydrogens is 325 g/mol. The van der Waals surface area contributed by atoms with Gasteiger partial charge in [0, 0.05) is 22.8 Å². The standard InChI is InChI=1S/C15H11ClFN3O3/c1-9-7-10(5-6-14(9)20(22)23)15(21)19-18-8-11-12(16)3-2-4-13(11)17/h2-8H,1H3,(H,19,21). The van der Waals surface area contributed by atoms with Crippen LogP contribution in [0.2, 0.25) is 5.02 Å². The van der Waals surface area contributed by atoms with Crippen molar-refractivity contribution in [3.8, 4) is 0 Å². The highest BCUT2D eigenvalue weighted by atomic mass is 35.5. The minimum Gasteiger partial charge on any atom is -0.267 e. The van der Waals surface area contributed by atoms with Crippen molar-refractivity contribution < 1.29 is 14.1 Å². The molecule has 0 radical (unpaired) electrons. The number of nitrogens with one attached hydrogen (secondary N) is 1. The Morgan fingerprint density at radius 1 is 1.39 bits per heavy atom. The van der Waals surface area contributed by atoms with Gasteiger partial charge < -0.3 is 0 Å². The number of aryl methyl sites for hydroxylation is 1. The maximum Gasteiger partial charge on any atom is 0.272 e. The van der Waals surface area contributed by atoms with Gasteiger partial charge in [0.15, 0.2) is 0 Å². The van der Waals surface area contributed by atoms with Gasteiger partial charge in [-0.3, -0.25) is 14.9 Å². The van der Waals surface area contributed by atoms with Crippen LogP contribution in [0.5, 0.6) is 0 Å². The highest BCUT2D eigenvalue weighted by Crippen LogP contribution is 2.19. The van der Waals surface area contributed by atoms with Crippen LogP contribution in [0.3, 0.4) is 0 Å². The molecule has 118 valence electrons. The summed E-state index contributed by atoms with van der Waals surface area (Å²) in [6.07, 6.45) is 1.09. The second-order valence-electron chi connectivity index (χ2n) is 4.59. The van der Waals surface area contributed by atoms with Crippen molar-refractivity contribution in [1.29, 1.82) is 0 Å². The summed E-state index contributed by atoms with van der Waals surface area (Å²) < 4.78 is 13.5. The van der Waals surface area contributed by atoms with Gasteiger partial charge in [-0.05, 0) is 31.2 Å². The predicted octanol–water partition coefficient (Wildman–Crippen LogP) is 3.46. The first-order chi connectivity index (χ1) is 10.9. The molecule has 0 aromatic heterocycles. The molecule has 1 amide bonds. The fourth-order valence-corrected chi connectivity index (χ4v) is 2.07. The van der Waals surface area contributed by atoms with Crippen LogP contribution >= 0.6 is 11.6 Å². The van der Waals surface area contributed by atoms with E-state index in [4.69, 9.17) is 11.6 Å². The van der Waals surface area contributed by atoms with Crippen LogP contribution in [0.25, 0.3) is 0 Å². The summed E-state index contributed by atoms with van der Waals surface area (Å²) in [5, 5.41) is 14.5. The van der Waals surface area contributed by atoms with E-state index >= 15 is 0 Å². The number of amides is 1. The fourth-order valence-electron chi connectivity index (χ4n) is 1.86. The number of rotatable bonds is 4. The molecule has 0 saturated heterocycles. The summed E-state index contributed by atoms with van der Waals surface area (Å²) in [6.45, 7) is 1.53. The van der Waals surface area contributed by atoms with Gasteiger partial charge in [-0.15, -0.1) is 0 Å². The van der Waals surface area contributed by atoms with E-state index in [9.17, 15) is 19.3 Å². The van der Waals surface area contributed by atoms with Gasteiger partial charge in [-0.2, -0.15) is 5.10 Å². The molecule has 1 N–H and O–H groups in total. The summed E-state index contributed by atoms with van der Waals surface area (Å²) >= 11 is 5.82. The van der Waals surface area contributed by atoms with Crippen molar-refractivity contribution in [2.24, 2.45) is 5.10 Å². The lowest BCUT2D eigenvalue weighted by molar-refractivity contribution is -0.385. The van der Waals surface area contributed by atoms with Gasteiger partial charge >= 0.3 is 0 Å². The predicted molar refractivity (Wildman–Crippen MR) is 84.3 cm³/mol. The topological polar surface area (TPSA) is 84.6 Å². The molecule has 0 spiro atoms. The van der Waals surface area contributed by atoms with E-state index in [1.807, 2.05) is 0 Å². The van der Waals surface area contributed by atoms with Crippen molar-refractivity contribution >= 4 is 29.4 Å². The first kappa shape index (κ1) is 16.6. The van der Waals surface area contributed by atoms with E-state index in [2.05, 4.69) is 10.5 Å².